The molecule has 2 atom stereocenters. The average molecular weight is 164 g/mol. The minimum atomic E-state index is -0.198. The lowest BCUT2D eigenvalue weighted by atomic mass is 9.68. The Hall–Kier alpha value is -0.560. The molecule has 0 aliphatic heterocycles. The number of allylic oxidation sites excluding steroid dienone is 3. The van der Waals surface area contributed by atoms with E-state index in [1.165, 1.54) is 18.4 Å². The van der Waals surface area contributed by atoms with Crippen LogP contribution in [-0.2, 0) is 0 Å². The van der Waals surface area contributed by atoms with Gasteiger partial charge >= 0.3 is 0 Å². The van der Waals surface area contributed by atoms with Crippen molar-refractivity contribution < 1.29 is 5.11 Å². The van der Waals surface area contributed by atoms with Gasteiger partial charge in [0.1, 0.15) is 0 Å². The van der Waals surface area contributed by atoms with Crippen LogP contribution >= 0.6 is 0 Å². The molecule has 0 bridgehead atoms. The molecule has 66 valence electrons. The van der Waals surface area contributed by atoms with Crippen LogP contribution in [0.25, 0.3) is 0 Å². The Morgan fingerprint density at radius 1 is 1.50 bits per heavy atom. The maximum Gasteiger partial charge on any atom is 0.0727 e. The fourth-order valence-corrected chi connectivity index (χ4v) is 2.24. The maximum absolute atomic E-state index is 9.45. The second-order valence-corrected chi connectivity index (χ2v) is 4.23. The molecule has 2 aliphatic carbocycles. The molecule has 0 saturated heterocycles. The Balaban J connectivity index is 2.33. The Morgan fingerprint density at radius 3 is 3.17 bits per heavy atom. The van der Waals surface area contributed by atoms with E-state index in [1.807, 2.05) is 6.08 Å². The lowest BCUT2D eigenvalue weighted by molar-refractivity contribution is 0.165. The molecule has 0 spiro atoms. The van der Waals surface area contributed by atoms with E-state index in [9.17, 15) is 5.11 Å². The van der Waals surface area contributed by atoms with Crippen molar-refractivity contribution in [2.24, 2.45) is 5.41 Å². The smallest absolute Gasteiger partial charge is 0.0727 e. The van der Waals surface area contributed by atoms with Crippen LogP contribution in [0, 0.1) is 5.41 Å². The zero-order valence-corrected chi connectivity index (χ0v) is 7.59. The fraction of sp³-hybridized carbons (Fsp3) is 0.636. The highest BCUT2D eigenvalue weighted by atomic mass is 16.3. The van der Waals surface area contributed by atoms with E-state index >= 15 is 0 Å². The molecule has 0 radical (unpaired) electrons. The first-order chi connectivity index (χ1) is 5.71. The van der Waals surface area contributed by atoms with E-state index in [1.54, 1.807) is 0 Å². The van der Waals surface area contributed by atoms with Crippen LogP contribution in [0.4, 0.5) is 0 Å². The third kappa shape index (κ3) is 1.22. The highest BCUT2D eigenvalue weighted by Crippen LogP contribution is 2.44. The molecule has 0 amide bonds. The summed E-state index contributed by atoms with van der Waals surface area (Å²) in [5.41, 5.74) is 1.72. The van der Waals surface area contributed by atoms with Crippen molar-refractivity contribution in [2.45, 2.75) is 38.7 Å². The number of aliphatic hydroxyl groups excluding tert-OH is 1. The van der Waals surface area contributed by atoms with Gasteiger partial charge in [0.25, 0.3) is 0 Å². The zero-order chi connectivity index (χ0) is 8.60. The van der Waals surface area contributed by atoms with Crippen LogP contribution in [-0.4, -0.2) is 11.2 Å². The van der Waals surface area contributed by atoms with Gasteiger partial charge in [-0.25, -0.2) is 0 Å². The van der Waals surface area contributed by atoms with Gasteiger partial charge in [-0.15, -0.1) is 0 Å². The van der Waals surface area contributed by atoms with Gasteiger partial charge < -0.3 is 5.11 Å². The summed E-state index contributed by atoms with van der Waals surface area (Å²) in [7, 11) is 0. The molecule has 2 aliphatic rings. The highest BCUT2D eigenvalue weighted by Gasteiger charge is 2.32. The van der Waals surface area contributed by atoms with Gasteiger partial charge in [-0.2, -0.15) is 0 Å². The molecular formula is C11H16O. The average Bonchev–Trinajstić information content (AvgIpc) is 2.06. The topological polar surface area (TPSA) is 20.2 Å². The summed E-state index contributed by atoms with van der Waals surface area (Å²) in [5.74, 6) is 0. The van der Waals surface area contributed by atoms with Crippen LogP contribution in [0.5, 0.6) is 0 Å². The number of hydrogen-bond acceptors (Lipinski definition) is 1. The molecule has 0 aromatic heterocycles. The highest BCUT2D eigenvalue weighted by molar-refractivity contribution is 5.32. The van der Waals surface area contributed by atoms with Gasteiger partial charge in [-0.1, -0.05) is 25.2 Å². The normalized spacial score (nSPS) is 40.5. The van der Waals surface area contributed by atoms with E-state index in [0.717, 1.165) is 12.8 Å². The predicted molar refractivity (Wildman–Crippen MR) is 49.8 cm³/mol. The third-order valence-electron chi connectivity index (χ3n) is 3.22. The molecule has 0 aromatic rings. The van der Waals surface area contributed by atoms with Gasteiger partial charge in [-0.3, -0.25) is 0 Å². The van der Waals surface area contributed by atoms with Crippen molar-refractivity contribution in [3.63, 3.8) is 0 Å². The molecule has 0 aromatic carbocycles. The molecule has 0 heterocycles. The third-order valence-corrected chi connectivity index (χ3v) is 3.22. The van der Waals surface area contributed by atoms with Crippen molar-refractivity contribution in [2.75, 3.05) is 0 Å². The number of rotatable bonds is 0. The first kappa shape index (κ1) is 8.06. The van der Waals surface area contributed by atoms with E-state index < -0.39 is 0 Å². The van der Waals surface area contributed by atoms with Crippen molar-refractivity contribution in [3.05, 3.63) is 23.8 Å². The Bertz CT molecular complexity index is 239. The summed E-state index contributed by atoms with van der Waals surface area (Å²) in [6.45, 7) is 2.31. The van der Waals surface area contributed by atoms with E-state index in [4.69, 9.17) is 0 Å². The molecule has 0 saturated carbocycles. The van der Waals surface area contributed by atoms with Gasteiger partial charge in [0.05, 0.1) is 6.10 Å². The molecule has 2 rings (SSSR count). The SMILES string of the molecule is CC12CCC=CC1=CC(O)CC2. The second kappa shape index (κ2) is 2.74. The van der Waals surface area contributed by atoms with E-state index in [-0.39, 0.29) is 6.10 Å². The minimum Gasteiger partial charge on any atom is -0.389 e. The van der Waals surface area contributed by atoms with Crippen LogP contribution in [0.15, 0.2) is 23.8 Å². The fourth-order valence-electron chi connectivity index (χ4n) is 2.24. The largest absolute Gasteiger partial charge is 0.389 e. The summed E-state index contributed by atoms with van der Waals surface area (Å²) >= 11 is 0. The predicted octanol–water partition coefficient (Wildman–Crippen LogP) is 2.42. The summed E-state index contributed by atoms with van der Waals surface area (Å²) in [6, 6.07) is 0. The molecule has 2 unspecified atom stereocenters. The van der Waals surface area contributed by atoms with Crippen molar-refractivity contribution in [1.29, 1.82) is 0 Å². The van der Waals surface area contributed by atoms with E-state index in [2.05, 4.69) is 19.1 Å². The maximum atomic E-state index is 9.45. The lowest BCUT2D eigenvalue weighted by Crippen LogP contribution is -2.27. The quantitative estimate of drug-likeness (QED) is 0.583. The van der Waals surface area contributed by atoms with Gasteiger partial charge in [0, 0.05) is 0 Å². The van der Waals surface area contributed by atoms with Crippen LogP contribution in [0.3, 0.4) is 0 Å². The molecular weight excluding hydrogens is 148 g/mol. The van der Waals surface area contributed by atoms with E-state index in [0.29, 0.717) is 5.41 Å². The first-order valence-electron chi connectivity index (χ1n) is 4.78. The standard InChI is InChI=1S/C11H16O/c1-11-6-3-2-4-9(11)8-10(12)5-7-11/h2,4,8,10,12H,3,5-7H2,1H3. The number of fused-ring (bicyclic) bond motifs is 1. The van der Waals surface area contributed by atoms with Crippen molar-refractivity contribution in [1.82, 2.24) is 0 Å². The Labute approximate surface area is 73.8 Å². The summed E-state index contributed by atoms with van der Waals surface area (Å²) in [6.07, 6.45) is 10.8. The molecule has 1 N–H and O–H groups in total. The molecule has 1 heteroatoms. The zero-order valence-electron chi connectivity index (χ0n) is 7.59. The summed E-state index contributed by atoms with van der Waals surface area (Å²) in [4.78, 5) is 0. The van der Waals surface area contributed by atoms with Crippen LogP contribution in [0.1, 0.15) is 32.6 Å². The van der Waals surface area contributed by atoms with Gasteiger partial charge in [-0.05, 0) is 36.7 Å². The monoisotopic (exact) mass is 164 g/mol. The second-order valence-electron chi connectivity index (χ2n) is 4.23. The first-order valence-corrected chi connectivity index (χ1v) is 4.78. The van der Waals surface area contributed by atoms with Gasteiger partial charge in [0.2, 0.25) is 0 Å². The molecule has 0 fully saturated rings. The van der Waals surface area contributed by atoms with Crippen LogP contribution in [0.2, 0.25) is 0 Å². The minimum absolute atomic E-state index is 0.198. The molecule has 12 heavy (non-hydrogen) atoms. The number of hydrogen-bond donors (Lipinski definition) is 1. The van der Waals surface area contributed by atoms with Gasteiger partial charge in [0.15, 0.2) is 0 Å². The van der Waals surface area contributed by atoms with Crippen molar-refractivity contribution in [3.8, 4) is 0 Å². The lowest BCUT2D eigenvalue weighted by Gasteiger charge is -2.37. The van der Waals surface area contributed by atoms with Crippen molar-refractivity contribution >= 4 is 0 Å². The van der Waals surface area contributed by atoms with Crippen LogP contribution < -0.4 is 0 Å². The summed E-state index contributed by atoms with van der Waals surface area (Å²) < 4.78 is 0. The Kier molecular flexibility index (Phi) is 1.84. The molecule has 1 nitrogen and oxygen atoms in total. The Morgan fingerprint density at radius 2 is 2.33 bits per heavy atom. The summed E-state index contributed by atoms with van der Waals surface area (Å²) in [5, 5.41) is 9.45. The number of aliphatic hydroxyl groups is 1.